The molecule has 1 unspecified atom stereocenters. The fraction of sp³-hybridized carbons (Fsp3) is 0.211. The van der Waals surface area contributed by atoms with Gasteiger partial charge in [0.15, 0.2) is 0 Å². The van der Waals surface area contributed by atoms with E-state index < -0.39 is 0 Å². The van der Waals surface area contributed by atoms with Crippen LogP contribution in [0.4, 0.5) is 0 Å². The average molecular weight is 424 g/mol. The molecule has 0 bridgehead atoms. The van der Waals surface area contributed by atoms with Crippen LogP contribution >= 0.6 is 23.2 Å². The molecule has 0 radical (unpaired) electrons. The summed E-state index contributed by atoms with van der Waals surface area (Å²) in [6.45, 7) is 3.06. The second-order valence-corrected chi connectivity index (χ2v) is 8.95. The van der Waals surface area contributed by atoms with Gasteiger partial charge in [-0.2, -0.15) is 0 Å². The van der Waals surface area contributed by atoms with Crippen LogP contribution in [0.3, 0.4) is 0 Å². The Morgan fingerprint density at radius 2 is 2.00 bits per heavy atom. The number of hydrogen-bond donors (Lipinski definition) is 0. The van der Waals surface area contributed by atoms with Crippen molar-refractivity contribution >= 4 is 42.6 Å². The Balaban J connectivity index is 1.95. The summed E-state index contributed by atoms with van der Waals surface area (Å²) in [4.78, 5) is 4.49. The molecule has 0 saturated carbocycles. The molecule has 1 atom stereocenters. The molecule has 0 saturated heterocycles. The third kappa shape index (κ3) is 4.23. The summed E-state index contributed by atoms with van der Waals surface area (Å²) >= 11 is 12.8. The third-order valence-corrected chi connectivity index (χ3v) is 7.24. The first kappa shape index (κ1) is 17.6. The van der Waals surface area contributed by atoms with Crippen LogP contribution in [-0.4, -0.2) is 24.5 Å². The Morgan fingerprint density at radius 1 is 1.17 bits per heavy atom. The Kier molecular flexibility index (Phi) is 6.02. The second kappa shape index (κ2) is 8.22. The van der Waals surface area contributed by atoms with Gasteiger partial charge in [-0.15, -0.1) is 0 Å². The van der Waals surface area contributed by atoms with Crippen molar-refractivity contribution in [2.45, 2.75) is 24.7 Å². The van der Waals surface area contributed by atoms with Gasteiger partial charge in [0.2, 0.25) is 0 Å². The summed E-state index contributed by atoms with van der Waals surface area (Å²) in [5.74, 6) is 0. The van der Waals surface area contributed by atoms with Crippen LogP contribution in [0.15, 0.2) is 61.2 Å². The second-order valence-electron chi connectivity index (χ2n) is 5.49. The number of nitrogens with zero attached hydrogens (tertiary/aromatic N) is 2. The van der Waals surface area contributed by atoms with Crippen LogP contribution in [0.25, 0.3) is 0 Å². The topological polar surface area (TPSA) is 17.8 Å². The number of hydrogen-bond acceptors (Lipinski definition) is 1. The van der Waals surface area contributed by atoms with Crippen molar-refractivity contribution in [2.24, 2.45) is 0 Å². The molecule has 0 amide bonds. The van der Waals surface area contributed by atoms with Crippen molar-refractivity contribution in [1.82, 2.24) is 9.55 Å². The molecule has 1 heterocycles. The molecule has 24 heavy (non-hydrogen) atoms. The van der Waals surface area contributed by atoms with Gasteiger partial charge in [0, 0.05) is 0 Å². The van der Waals surface area contributed by atoms with Gasteiger partial charge < -0.3 is 0 Å². The fourth-order valence-corrected chi connectivity index (χ4v) is 6.25. The first-order valence-corrected chi connectivity index (χ1v) is 10.4. The fourth-order valence-electron chi connectivity index (χ4n) is 2.61. The van der Waals surface area contributed by atoms with Crippen molar-refractivity contribution in [3.8, 4) is 0 Å². The predicted molar refractivity (Wildman–Crippen MR) is 103 cm³/mol. The van der Waals surface area contributed by atoms with E-state index in [9.17, 15) is 0 Å². The molecule has 5 heteroatoms. The van der Waals surface area contributed by atoms with Gasteiger partial charge in [-0.3, -0.25) is 0 Å². The molecule has 3 aromatic rings. The van der Waals surface area contributed by atoms with E-state index in [1.807, 2.05) is 30.9 Å². The van der Waals surface area contributed by atoms with Crippen LogP contribution < -0.4 is 4.46 Å². The van der Waals surface area contributed by atoms with Crippen LogP contribution in [-0.2, 0) is 13.0 Å². The molecule has 3 rings (SSSR count). The average Bonchev–Trinajstić information content (AvgIpc) is 3.08. The van der Waals surface area contributed by atoms with E-state index in [2.05, 4.69) is 46.8 Å². The summed E-state index contributed by atoms with van der Waals surface area (Å²) < 4.78 is 3.55. The molecule has 2 aromatic carbocycles. The first-order valence-electron chi connectivity index (χ1n) is 7.82. The Hall–Kier alpha value is -1.25. The number of aromatic nitrogens is 2. The summed E-state index contributed by atoms with van der Waals surface area (Å²) in [6.07, 6.45) is 6.72. The summed E-state index contributed by atoms with van der Waals surface area (Å²) in [6, 6.07) is 14.5. The molecule has 0 aliphatic rings. The van der Waals surface area contributed by atoms with Crippen molar-refractivity contribution in [3.63, 3.8) is 0 Å². The number of benzene rings is 2. The molecular weight excluding hydrogens is 406 g/mol. The van der Waals surface area contributed by atoms with Crippen molar-refractivity contribution < 1.29 is 0 Å². The Morgan fingerprint density at radius 3 is 2.71 bits per heavy atom. The molecule has 1 aromatic heterocycles. The quantitative estimate of drug-likeness (QED) is 0.532. The number of aryl methyl sites for hydroxylation is 1. The van der Waals surface area contributed by atoms with Gasteiger partial charge in [-0.1, -0.05) is 0 Å². The number of imidazole rings is 1. The van der Waals surface area contributed by atoms with Gasteiger partial charge in [-0.05, 0) is 0 Å². The van der Waals surface area contributed by atoms with Gasteiger partial charge in [0.1, 0.15) is 0 Å². The molecule has 0 spiro atoms. The summed E-state index contributed by atoms with van der Waals surface area (Å²) in [5.41, 5.74) is 2.57. The summed E-state index contributed by atoms with van der Waals surface area (Å²) in [5, 5.41) is 1.41. The zero-order valence-corrected chi connectivity index (χ0v) is 16.5. The maximum atomic E-state index is 6.50. The molecule has 0 aliphatic heterocycles. The molecule has 124 valence electrons. The molecule has 0 aliphatic carbocycles. The zero-order chi connectivity index (χ0) is 16.9. The monoisotopic (exact) mass is 424 g/mol. The number of rotatable bonds is 6. The van der Waals surface area contributed by atoms with Crippen LogP contribution in [0.2, 0.25) is 10.0 Å². The predicted octanol–water partition coefficient (Wildman–Crippen LogP) is 4.52. The van der Waals surface area contributed by atoms with Crippen LogP contribution in [0, 0.1) is 0 Å². The van der Waals surface area contributed by atoms with E-state index in [1.54, 1.807) is 0 Å². The molecular formula is C19H18Cl2N2Se. The van der Waals surface area contributed by atoms with Crippen LogP contribution in [0.5, 0.6) is 0 Å². The molecule has 2 nitrogen and oxygen atoms in total. The standard InChI is InChI=1S/C19H18Cl2N2Se/c1-2-14-5-3-4-6-18(14)24-19(12-23-10-9-22-13-23)16-8-7-15(20)11-17(16)21/h3-11,13,19H,2,12H2,1H3. The van der Waals surface area contributed by atoms with Gasteiger partial charge in [0.05, 0.1) is 0 Å². The van der Waals surface area contributed by atoms with Crippen molar-refractivity contribution in [2.75, 3.05) is 0 Å². The van der Waals surface area contributed by atoms with Gasteiger partial charge in [-0.25, -0.2) is 0 Å². The van der Waals surface area contributed by atoms with Gasteiger partial charge in [0.25, 0.3) is 0 Å². The van der Waals surface area contributed by atoms with Crippen molar-refractivity contribution in [3.05, 3.63) is 82.4 Å². The van der Waals surface area contributed by atoms with Crippen molar-refractivity contribution in [1.29, 1.82) is 0 Å². The minimum absolute atomic E-state index is 0.258. The Bertz CT molecular complexity index is 803. The van der Waals surface area contributed by atoms with Gasteiger partial charge >= 0.3 is 159 Å². The van der Waals surface area contributed by atoms with Crippen LogP contribution in [0.1, 0.15) is 22.9 Å². The maximum absolute atomic E-state index is 6.50. The van der Waals surface area contributed by atoms with E-state index in [0.29, 0.717) is 9.84 Å². The van der Waals surface area contributed by atoms with E-state index in [4.69, 9.17) is 23.2 Å². The zero-order valence-electron chi connectivity index (χ0n) is 13.3. The van der Waals surface area contributed by atoms with E-state index in [1.165, 1.54) is 10.0 Å². The van der Waals surface area contributed by atoms with E-state index in [0.717, 1.165) is 23.6 Å². The molecule has 0 N–H and O–H groups in total. The summed E-state index contributed by atoms with van der Waals surface area (Å²) in [7, 11) is 0. The van der Waals surface area contributed by atoms with E-state index >= 15 is 0 Å². The SMILES string of the molecule is CCc1ccccc1[Se]C(Cn1ccnc1)c1ccc(Cl)cc1Cl. The minimum atomic E-state index is 0.258. The van der Waals surface area contributed by atoms with E-state index in [-0.39, 0.29) is 15.0 Å². The first-order chi connectivity index (χ1) is 11.7. The number of halogens is 2. The molecule has 0 fully saturated rings. The third-order valence-electron chi connectivity index (χ3n) is 3.87. The Labute approximate surface area is 159 Å². The normalized spacial score (nSPS) is 12.3.